The Morgan fingerprint density at radius 3 is 0.791 bits per heavy atom. The summed E-state index contributed by atoms with van der Waals surface area (Å²) in [6.07, 6.45) is 43.3. The maximum absolute atomic E-state index is 13.0. The van der Waals surface area contributed by atoms with Crippen LogP contribution in [0.15, 0.2) is 0 Å². The molecule has 0 aliphatic rings. The van der Waals surface area contributed by atoms with Crippen LogP contribution in [0.4, 0.5) is 0 Å². The molecule has 0 bridgehead atoms. The predicted octanol–water partition coefficient (Wildman–Crippen LogP) is 18.8. The maximum atomic E-state index is 13.0. The third-order valence-electron chi connectivity index (χ3n) is 15.5. The molecule has 0 radical (unpaired) electrons. The van der Waals surface area contributed by atoms with Crippen LogP contribution in [0.2, 0.25) is 0 Å². The number of rotatable bonds is 66. The third kappa shape index (κ3) is 60.9. The standard InChI is InChI=1S/C67H130O17P2/c1-7-9-11-13-15-17-18-19-20-21-22-23-24-26-32-39-45-51-66(71)83-62(56-78-65(70)50-44-38-33-27-29-35-41-47-59(3)4)57-81-85(73,74)79-53-61(68)54-80-86(75,76)82-58-63(55-77-64(69)49-43-37-31-25-16-14-12-10-8-2)84-67(72)52-46-40-34-28-30-36-42-48-60(5)6/h59-63,68H,7-58H2,1-6H3,(H,73,74)(H,75,76)/t61-,62-,63-/m1/s1. The van der Waals surface area contributed by atoms with E-state index in [0.717, 1.165) is 96.3 Å². The molecule has 510 valence electrons. The largest absolute Gasteiger partial charge is 0.472 e. The Bertz CT molecular complexity index is 1680. The van der Waals surface area contributed by atoms with Gasteiger partial charge in [0.2, 0.25) is 0 Å². The first-order valence-electron chi connectivity index (χ1n) is 35.0. The molecule has 0 aromatic heterocycles. The summed E-state index contributed by atoms with van der Waals surface area (Å²) >= 11 is 0. The molecule has 0 heterocycles. The maximum Gasteiger partial charge on any atom is 0.472 e. The van der Waals surface area contributed by atoms with Crippen LogP contribution in [0.5, 0.6) is 0 Å². The molecule has 0 saturated heterocycles. The number of hydrogen-bond acceptors (Lipinski definition) is 15. The van der Waals surface area contributed by atoms with E-state index in [4.69, 9.17) is 37.0 Å². The summed E-state index contributed by atoms with van der Waals surface area (Å²) in [5, 5.41) is 10.5. The second-order valence-electron chi connectivity index (χ2n) is 25.2. The topological polar surface area (TPSA) is 237 Å². The lowest BCUT2D eigenvalue weighted by atomic mass is 10.0. The van der Waals surface area contributed by atoms with Crippen molar-refractivity contribution in [3.05, 3.63) is 0 Å². The average molecular weight is 1270 g/mol. The normalized spacial score (nSPS) is 14.2. The summed E-state index contributed by atoms with van der Waals surface area (Å²) in [6, 6.07) is 0. The highest BCUT2D eigenvalue weighted by Crippen LogP contribution is 2.45. The molecule has 19 heteroatoms. The Kier molecular flexibility index (Phi) is 58.0. The highest BCUT2D eigenvalue weighted by atomic mass is 31.2. The molecule has 0 aliphatic carbocycles. The number of aliphatic hydroxyl groups is 1. The lowest BCUT2D eigenvalue weighted by Crippen LogP contribution is -2.30. The fourth-order valence-electron chi connectivity index (χ4n) is 10.1. The van der Waals surface area contributed by atoms with Gasteiger partial charge < -0.3 is 33.8 Å². The first kappa shape index (κ1) is 84.1. The smallest absolute Gasteiger partial charge is 0.462 e. The zero-order valence-corrected chi connectivity index (χ0v) is 57.4. The van der Waals surface area contributed by atoms with E-state index in [9.17, 15) is 43.2 Å². The van der Waals surface area contributed by atoms with Gasteiger partial charge in [-0.3, -0.25) is 37.3 Å². The number of phosphoric ester groups is 2. The van der Waals surface area contributed by atoms with Gasteiger partial charge in [0, 0.05) is 25.7 Å². The van der Waals surface area contributed by atoms with Crippen LogP contribution in [-0.4, -0.2) is 96.7 Å². The molecule has 2 unspecified atom stereocenters. The number of ether oxygens (including phenoxy) is 4. The van der Waals surface area contributed by atoms with Crippen LogP contribution in [0, 0.1) is 11.8 Å². The Morgan fingerprint density at radius 1 is 0.314 bits per heavy atom. The number of aliphatic hydroxyl groups excluding tert-OH is 1. The molecule has 0 aromatic rings. The zero-order chi connectivity index (χ0) is 63.6. The van der Waals surface area contributed by atoms with Crippen molar-refractivity contribution in [2.24, 2.45) is 11.8 Å². The van der Waals surface area contributed by atoms with Crippen molar-refractivity contribution in [2.45, 2.75) is 355 Å². The molecule has 0 amide bonds. The van der Waals surface area contributed by atoms with Gasteiger partial charge in [0.15, 0.2) is 12.2 Å². The van der Waals surface area contributed by atoms with E-state index in [1.54, 1.807) is 0 Å². The molecule has 0 saturated carbocycles. The number of carbonyl (C=O) groups is 4. The van der Waals surface area contributed by atoms with E-state index in [1.165, 1.54) is 148 Å². The van der Waals surface area contributed by atoms with Crippen molar-refractivity contribution in [1.82, 2.24) is 0 Å². The van der Waals surface area contributed by atoms with Gasteiger partial charge >= 0.3 is 39.5 Å². The van der Waals surface area contributed by atoms with Gasteiger partial charge in [0.25, 0.3) is 0 Å². The third-order valence-corrected chi connectivity index (χ3v) is 17.4. The van der Waals surface area contributed by atoms with Crippen molar-refractivity contribution in [3.63, 3.8) is 0 Å². The van der Waals surface area contributed by atoms with Gasteiger partial charge in [-0.05, 0) is 37.5 Å². The van der Waals surface area contributed by atoms with E-state index < -0.39 is 97.5 Å². The zero-order valence-electron chi connectivity index (χ0n) is 55.6. The van der Waals surface area contributed by atoms with Gasteiger partial charge in [-0.15, -0.1) is 0 Å². The highest BCUT2D eigenvalue weighted by Gasteiger charge is 2.30. The van der Waals surface area contributed by atoms with E-state index in [1.807, 2.05) is 0 Å². The summed E-state index contributed by atoms with van der Waals surface area (Å²) in [5.74, 6) is -0.732. The monoisotopic (exact) mass is 1270 g/mol. The van der Waals surface area contributed by atoms with Crippen LogP contribution in [0.25, 0.3) is 0 Å². The molecular formula is C67H130O17P2. The van der Waals surface area contributed by atoms with Crippen LogP contribution in [0.1, 0.15) is 337 Å². The number of unbranched alkanes of at least 4 members (excludes halogenated alkanes) is 36. The average Bonchev–Trinajstić information content (AvgIpc) is 3.68. The second-order valence-corrected chi connectivity index (χ2v) is 28.1. The molecule has 5 atom stereocenters. The van der Waals surface area contributed by atoms with Crippen molar-refractivity contribution in [3.8, 4) is 0 Å². The van der Waals surface area contributed by atoms with E-state index in [0.29, 0.717) is 37.5 Å². The molecule has 0 aliphatic heterocycles. The van der Waals surface area contributed by atoms with Crippen molar-refractivity contribution in [1.29, 1.82) is 0 Å². The molecule has 86 heavy (non-hydrogen) atoms. The molecule has 0 rings (SSSR count). The van der Waals surface area contributed by atoms with Crippen molar-refractivity contribution >= 4 is 39.5 Å². The van der Waals surface area contributed by atoms with Gasteiger partial charge in [-0.2, -0.15) is 0 Å². The SMILES string of the molecule is CCCCCCCCCCCCCCCCCCCC(=O)O[C@H](COC(=O)CCCCCCCCCC(C)C)COP(=O)(O)OC[C@@H](O)COP(=O)(O)OC[C@@H](COC(=O)CCCCCCCCCCC)OC(=O)CCCCCCCCCC(C)C. The molecule has 0 fully saturated rings. The number of esters is 4. The predicted molar refractivity (Wildman–Crippen MR) is 345 cm³/mol. The lowest BCUT2D eigenvalue weighted by molar-refractivity contribution is -0.161. The van der Waals surface area contributed by atoms with Crippen LogP contribution in [-0.2, 0) is 65.4 Å². The lowest BCUT2D eigenvalue weighted by Gasteiger charge is -2.21. The molecule has 0 aromatic carbocycles. The minimum atomic E-state index is -4.95. The fraction of sp³-hybridized carbons (Fsp3) is 0.940. The summed E-state index contributed by atoms with van der Waals surface area (Å²) < 4.78 is 68.1. The fourth-order valence-corrected chi connectivity index (χ4v) is 11.6. The number of phosphoric acid groups is 2. The van der Waals surface area contributed by atoms with Crippen molar-refractivity contribution < 1.29 is 80.2 Å². The Balaban J connectivity index is 5.20. The summed E-state index contributed by atoms with van der Waals surface area (Å²) in [6.45, 7) is 9.39. The van der Waals surface area contributed by atoms with E-state index in [-0.39, 0.29) is 25.7 Å². The molecule has 0 spiro atoms. The van der Waals surface area contributed by atoms with Crippen molar-refractivity contribution in [2.75, 3.05) is 39.6 Å². The number of hydrogen-bond donors (Lipinski definition) is 3. The van der Waals surface area contributed by atoms with Gasteiger partial charge in [-0.25, -0.2) is 9.13 Å². The minimum absolute atomic E-state index is 0.103. The summed E-state index contributed by atoms with van der Waals surface area (Å²) in [5.41, 5.74) is 0. The van der Waals surface area contributed by atoms with Crippen LogP contribution < -0.4 is 0 Å². The molecular weight excluding hydrogens is 1140 g/mol. The first-order chi connectivity index (χ1) is 41.4. The van der Waals surface area contributed by atoms with Gasteiger partial charge in [0.05, 0.1) is 26.4 Å². The summed E-state index contributed by atoms with van der Waals surface area (Å²) in [4.78, 5) is 72.3. The van der Waals surface area contributed by atoms with E-state index >= 15 is 0 Å². The second kappa shape index (κ2) is 59.4. The number of carbonyl (C=O) groups excluding carboxylic acids is 4. The minimum Gasteiger partial charge on any atom is -0.462 e. The molecule has 17 nitrogen and oxygen atoms in total. The van der Waals surface area contributed by atoms with E-state index in [2.05, 4.69) is 41.5 Å². The molecule has 3 N–H and O–H groups in total. The van der Waals surface area contributed by atoms with Gasteiger partial charge in [0.1, 0.15) is 19.3 Å². The Morgan fingerprint density at radius 2 is 0.535 bits per heavy atom. The Hall–Kier alpha value is -1.94. The Labute approximate surface area is 524 Å². The van der Waals surface area contributed by atoms with Crippen LogP contribution in [0.3, 0.4) is 0 Å². The first-order valence-corrected chi connectivity index (χ1v) is 38.0. The quantitative estimate of drug-likeness (QED) is 0.0222. The summed E-state index contributed by atoms with van der Waals surface area (Å²) in [7, 11) is -9.89. The highest BCUT2D eigenvalue weighted by molar-refractivity contribution is 7.47. The van der Waals surface area contributed by atoms with Gasteiger partial charge in [-0.1, -0.05) is 286 Å². The van der Waals surface area contributed by atoms with Crippen LogP contribution >= 0.6 is 15.6 Å².